The summed E-state index contributed by atoms with van der Waals surface area (Å²) in [6, 6.07) is 0. The predicted octanol–water partition coefficient (Wildman–Crippen LogP) is 5.59. The average molecular weight is 389 g/mol. The van der Waals surface area contributed by atoms with Crippen molar-refractivity contribution < 1.29 is 12.3 Å². The van der Waals surface area contributed by atoms with Crippen molar-refractivity contribution in [2.75, 3.05) is 0 Å². The van der Waals surface area contributed by atoms with Gasteiger partial charge in [0.15, 0.2) is 25.0 Å². The minimum atomic E-state index is -2.78. The van der Waals surface area contributed by atoms with Gasteiger partial charge in [0.2, 0.25) is 0 Å². The van der Waals surface area contributed by atoms with E-state index in [9.17, 15) is 0 Å². The molecule has 2 atom stereocenters. The Hall–Kier alpha value is 0.488. The van der Waals surface area contributed by atoms with Gasteiger partial charge < -0.3 is 12.3 Å². The van der Waals surface area contributed by atoms with Crippen LogP contribution in [-0.2, 0) is 12.3 Å². The van der Waals surface area contributed by atoms with E-state index in [4.69, 9.17) is 12.3 Å². The molecule has 0 aromatic rings. The molecule has 2 unspecified atom stereocenters. The van der Waals surface area contributed by atoms with E-state index in [1.54, 1.807) is 0 Å². The van der Waals surface area contributed by atoms with E-state index < -0.39 is 33.8 Å². The first kappa shape index (κ1) is 19.8. The quantitative estimate of drug-likeness (QED) is 0.420. The van der Waals surface area contributed by atoms with Crippen molar-refractivity contribution in [3.05, 3.63) is 12.2 Å². The molecule has 0 aromatic carbocycles. The van der Waals surface area contributed by atoms with Crippen LogP contribution in [0.25, 0.3) is 0 Å². The van der Waals surface area contributed by atoms with Gasteiger partial charge in [-0.2, -0.15) is 0 Å². The van der Waals surface area contributed by atoms with Crippen LogP contribution >= 0.6 is 0 Å². The molecule has 2 rings (SSSR count). The van der Waals surface area contributed by atoms with Crippen molar-refractivity contribution in [2.24, 2.45) is 5.92 Å². The second-order valence-corrected chi connectivity index (χ2v) is 27.4. The Morgan fingerprint density at radius 1 is 0.783 bits per heavy atom. The van der Waals surface area contributed by atoms with Crippen LogP contribution in [0.3, 0.4) is 0 Å². The van der Waals surface area contributed by atoms with Gasteiger partial charge in [0, 0.05) is 0 Å². The van der Waals surface area contributed by atoms with Gasteiger partial charge in [-0.15, -0.1) is 0 Å². The molecule has 0 N–H and O–H groups in total. The number of hydrogen-bond donors (Lipinski definition) is 0. The van der Waals surface area contributed by atoms with Gasteiger partial charge in [-0.05, 0) is 84.1 Å². The van der Waals surface area contributed by atoms with Gasteiger partial charge in [0.25, 0.3) is 0 Å². The maximum absolute atomic E-state index is 6.93. The Kier molecular flexibility index (Phi) is 5.19. The first-order chi connectivity index (χ1) is 10.2. The van der Waals surface area contributed by atoms with Crippen molar-refractivity contribution in [3.63, 3.8) is 0 Å². The van der Waals surface area contributed by atoms with Crippen LogP contribution < -0.4 is 0 Å². The molecule has 23 heavy (non-hydrogen) atoms. The minimum Gasteiger partial charge on any atom is -0.416 e. The molecule has 0 aliphatic heterocycles. The lowest BCUT2D eigenvalue weighted by molar-refractivity contribution is 0.216. The van der Waals surface area contributed by atoms with Gasteiger partial charge in [-0.25, -0.2) is 0 Å². The molecule has 0 spiro atoms. The van der Waals surface area contributed by atoms with Crippen LogP contribution in [0.5, 0.6) is 0 Å². The smallest absolute Gasteiger partial charge is 0.416 e. The SMILES string of the molecule is C[Si](C)(C)O[Si](O[Si](C)(C)C)(O[Si](C)(C)C)C12C=CC(CC1)C2. The Labute approximate surface area is 147 Å². The normalized spacial score (nSPS) is 28.7. The molecule has 7 heteroatoms. The van der Waals surface area contributed by atoms with Crippen LogP contribution in [0.15, 0.2) is 12.2 Å². The third kappa shape index (κ3) is 4.77. The largest absolute Gasteiger partial charge is 0.480 e. The van der Waals surface area contributed by atoms with Crippen LogP contribution in [0, 0.1) is 5.92 Å². The summed E-state index contributed by atoms with van der Waals surface area (Å²) >= 11 is 0. The molecule has 0 radical (unpaired) electrons. The fraction of sp³-hybridized carbons (Fsp3) is 0.875. The van der Waals surface area contributed by atoms with Crippen LogP contribution in [-0.4, -0.2) is 33.8 Å². The Morgan fingerprint density at radius 2 is 1.22 bits per heavy atom. The van der Waals surface area contributed by atoms with E-state index in [1.165, 1.54) is 19.3 Å². The third-order valence-corrected chi connectivity index (χ3v) is 16.6. The van der Waals surface area contributed by atoms with Gasteiger partial charge >= 0.3 is 8.80 Å². The van der Waals surface area contributed by atoms with E-state index in [0.29, 0.717) is 5.92 Å². The fourth-order valence-electron chi connectivity index (χ4n) is 3.71. The summed E-state index contributed by atoms with van der Waals surface area (Å²) in [5.74, 6) is 0.711. The highest BCUT2D eigenvalue weighted by atomic mass is 28.5. The lowest BCUT2D eigenvalue weighted by atomic mass is 10.1. The summed E-state index contributed by atoms with van der Waals surface area (Å²) in [7, 11) is -8.13. The summed E-state index contributed by atoms with van der Waals surface area (Å²) in [5, 5.41) is 0.0402. The van der Waals surface area contributed by atoms with E-state index in [2.05, 4.69) is 71.1 Å². The second kappa shape index (κ2) is 6.03. The zero-order chi connectivity index (χ0) is 17.7. The highest BCUT2D eigenvalue weighted by Crippen LogP contribution is 2.62. The number of hydrogen-bond acceptors (Lipinski definition) is 3. The molecule has 0 heterocycles. The molecule has 1 fully saturated rings. The highest BCUT2D eigenvalue weighted by molar-refractivity contribution is 6.91. The zero-order valence-corrected chi connectivity index (χ0v) is 20.6. The topological polar surface area (TPSA) is 27.7 Å². The molecule has 2 aliphatic carbocycles. The molecule has 0 amide bonds. The summed E-state index contributed by atoms with van der Waals surface area (Å²) < 4.78 is 20.8. The monoisotopic (exact) mass is 388 g/mol. The van der Waals surface area contributed by atoms with Crippen LogP contribution in [0.4, 0.5) is 0 Å². The summed E-state index contributed by atoms with van der Waals surface area (Å²) in [5.41, 5.74) is 0. The summed E-state index contributed by atoms with van der Waals surface area (Å²) in [6.07, 6.45) is 8.46. The lowest BCUT2D eigenvalue weighted by Gasteiger charge is -2.50. The molecular weight excluding hydrogens is 353 g/mol. The van der Waals surface area contributed by atoms with Crippen molar-refractivity contribution in [3.8, 4) is 0 Å². The average Bonchev–Trinajstić information content (AvgIpc) is 2.81. The van der Waals surface area contributed by atoms with Gasteiger partial charge in [-0.3, -0.25) is 0 Å². The maximum Gasteiger partial charge on any atom is 0.480 e. The molecule has 2 bridgehead atoms. The molecular formula is C16H36O3Si4. The number of allylic oxidation sites excluding steroid dienone is 2. The van der Waals surface area contributed by atoms with Crippen molar-refractivity contribution >= 4 is 33.8 Å². The summed E-state index contributed by atoms with van der Waals surface area (Å²) in [4.78, 5) is 0. The van der Waals surface area contributed by atoms with Crippen LogP contribution in [0.1, 0.15) is 19.3 Å². The predicted molar refractivity (Wildman–Crippen MR) is 108 cm³/mol. The standard InChI is InChI=1S/C16H36O3Si4/c1-20(2,3)17-23(18-21(4,5)6,19-22(7,8)9)16-12-10-15(14-16)11-13-16/h10,12,15H,11,13-14H2,1-9H3. The Morgan fingerprint density at radius 3 is 1.43 bits per heavy atom. The van der Waals surface area contributed by atoms with Gasteiger partial charge in [-0.1, -0.05) is 12.2 Å². The van der Waals surface area contributed by atoms with E-state index in [-0.39, 0.29) is 5.04 Å². The third-order valence-electron chi connectivity index (χ3n) is 4.21. The number of fused-ring (bicyclic) bond motifs is 2. The van der Waals surface area contributed by atoms with Crippen molar-refractivity contribution in [1.82, 2.24) is 0 Å². The van der Waals surface area contributed by atoms with E-state index in [1.807, 2.05) is 0 Å². The zero-order valence-electron chi connectivity index (χ0n) is 16.6. The highest BCUT2D eigenvalue weighted by Gasteiger charge is 2.66. The second-order valence-electron chi connectivity index (χ2n) is 10.2. The van der Waals surface area contributed by atoms with Crippen LogP contribution in [0.2, 0.25) is 64.0 Å². The van der Waals surface area contributed by atoms with E-state index >= 15 is 0 Å². The first-order valence-corrected chi connectivity index (χ1v) is 20.9. The van der Waals surface area contributed by atoms with E-state index in [0.717, 1.165) is 0 Å². The number of rotatable bonds is 7. The summed E-state index contributed by atoms with van der Waals surface area (Å²) in [6.45, 7) is 20.5. The Bertz CT molecular complexity index is 432. The molecule has 134 valence electrons. The molecule has 0 saturated heterocycles. The van der Waals surface area contributed by atoms with Crippen molar-refractivity contribution in [2.45, 2.75) is 83.2 Å². The van der Waals surface area contributed by atoms with Crippen molar-refractivity contribution in [1.29, 1.82) is 0 Å². The molecule has 1 saturated carbocycles. The molecule has 3 nitrogen and oxygen atoms in total. The minimum absolute atomic E-state index is 0.0402. The lowest BCUT2D eigenvalue weighted by Crippen LogP contribution is -2.65. The molecule has 2 aliphatic rings. The first-order valence-electron chi connectivity index (χ1n) is 8.95. The molecule has 0 aromatic heterocycles. The van der Waals surface area contributed by atoms with Gasteiger partial charge in [0.05, 0.1) is 5.04 Å². The fourth-order valence-corrected chi connectivity index (χ4v) is 18.7. The Balaban J connectivity index is 2.51. The van der Waals surface area contributed by atoms with Gasteiger partial charge in [0.1, 0.15) is 0 Å². The maximum atomic E-state index is 6.93.